The van der Waals surface area contributed by atoms with Crippen LogP contribution in [0.3, 0.4) is 0 Å². The van der Waals surface area contributed by atoms with E-state index in [9.17, 15) is 18.0 Å². The number of hydrogen-bond donors (Lipinski definition) is 1. The normalized spacial score (nSPS) is 14.1. The number of alkyl halides is 3. The van der Waals surface area contributed by atoms with Crippen molar-refractivity contribution in [1.29, 1.82) is 0 Å². The van der Waals surface area contributed by atoms with Gasteiger partial charge in [-0.1, -0.05) is 0 Å². The van der Waals surface area contributed by atoms with Crippen LogP contribution in [0, 0.1) is 0 Å². The topological polar surface area (TPSA) is 101 Å². The van der Waals surface area contributed by atoms with Gasteiger partial charge in [0.1, 0.15) is 17.8 Å². The lowest BCUT2D eigenvalue weighted by Gasteiger charge is -2.36. The van der Waals surface area contributed by atoms with Crippen LogP contribution in [-0.2, 0) is 11.3 Å². The number of rotatable bonds is 6. The Labute approximate surface area is 241 Å². The number of amides is 1. The first-order valence-electron chi connectivity index (χ1n) is 13.4. The number of nitrogens with one attached hydrogen (secondary N) is 1. The SMILES string of the molecule is CC(C)(C)OC(=O)N1CCN(c2ccc(Nc3nccc(-c4cn(CC(F)(F)F)nc4-c4cccnc4)n3)cc2)CC1. The van der Waals surface area contributed by atoms with Gasteiger partial charge in [-0.3, -0.25) is 9.67 Å². The Hall–Kier alpha value is -4.68. The monoisotopic (exact) mass is 580 g/mol. The van der Waals surface area contributed by atoms with Crippen LogP contribution in [0.5, 0.6) is 0 Å². The van der Waals surface area contributed by atoms with Crippen molar-refractivity contribution in [2.75, 3.05) is 36.4 Å². The number of hydrogen-bond acceptors (Lipinski definition) is 8. The molecule has 0 atom stereocenters. The summed E-state index contributed by atoms with van der Waals surface area (Å²) >= 11 is 0. The number of aromatic nitrogens is 5. The first-order valence-corrected chi connectivity index (χ1v) is 13.4. The van der Waals surface area contributed by atoms with Gasteiger partial charge in [-0.15, -0.1) is 0 Å². The number of ether oxygens (including phenoxy) is 1. The predicted octanol–water partition coefficient (Wildman–Crippen LogP) is 5.77. The summed E-state index contributed by atoms with van der Waals surface area (Å²) in [5.74, 6) is 0.284. The van der Waals surface area contributed by atoms with E-state index in [0.717, 1.165) is 16.1 Å². The molecule has 1 amide bonds. The second kappa shape index (κ2) is 11.7. The summed E-state index contributed by atoms with van der Waals surface area (Å²) in [7, 11) is 0. The maximum Gasteiger partial charge on any atom is 0.410 e. The predicted molar refractivity (Wildman–Crippen MR) is 152 cm³/mol. The summed E-state index contributed by atoms with van der Waals surface area (Å²) in [6.45, 7) is 6.82. The maximum atomic E-state index is 13.1. The zero-order valence-corrected chi connectivity index (χ0v) is 23.5. The van der Waals surface area contributed by atoms with Gasteiger partial charge in [-0.05, 0) is 63.2 Å². The minimum Gasteiger partial charge on any atom is -0.444 e. The zero-order valence-electron chi connectivity index (χ0n) is 23.5. The van der Waals surface area contributed by atoms with Gasteiger partial charge in [0, 0.05) is 73.5 Å². The van der Waals surface area contributed by atoms with Crippen molar-refractivity contribution >= 4 is 23.4 Å². The molecule has 4 aromatic rings. The minimum absolute atomic E-state index is 0.284. The number of carbonyl (C=O) groups excluding carboxylic acids is 1. The average molecular weight is 581 g/mol. The van der Waals surface area contributed by atoms with Gasteiger partial charge in [0.05, 0.1) is 5.69 Å². The quantitative estimate of drug-likeness (QED) is 0.307. The highest BCUT2D eigenvalue weighted by atomic mass is 19.4. The molecule has 0 bridgehead atoms. The molecule has 1 N–H and O–H groups in total. The second-order valence-corrected chi connectivity index (χ2v) is 10.8. The third-order valence-electron chi connectivity index (χ3n) is 6.39. The Morgan fingerprint density at radius 1 is 1.00 bits per heavy atom. The van der Waals surface area contributed by atoms with Crippen LogP contribution in [-0.4, -0.2) is 73.7 Å². The number of pyridine rings is 1. The van der Waals surface area contributed by atoms with E-state index in [1.54, 1.807) is 35.5 Å². The van der Waals surface area contributed by atoms with Crippen LogP contribution in [0.2, 0.25) is 0 Å². The molecular formula is C29H31F3N8O2. The van der Waals surface area contributed by atoms with Crippen LogP contribution in [0.25, 0.3) is 22.5 Å². The Morgan fingerprint density at radius 2 is 1.74 bits per heavy atom. The summed E-state index contributed by atoms with van der Waals surface area (Å²) < 4.78 is 45.7. The van der Waals surface area contributed by atoms with E-state index in [0.29, 0.717) is 48.7 Å². The number of anilines is 3. The van der Waals surface area contributed by atoms with Gasteiger partial charge in [-0.2, -0.15) is 18.3 Å². The molecule has 1 saturated heterocycles. The standard InChI is InChI=1S/C29H31F3N8O2/c1-28(2,3)42-27(41)39-15-13-38(14-16-39)22-8-6-21(7-9-22)35-26-34-12-10-24(36-26)23-18-40(19-29(30,31)32)37-25(23)20-5-4-11-33-17-20/h4-12,17-18H,13-16,19H2,1-3H3,(H,34,35,36). The molecule has 3 aromatic heterocycles. The Morgan fingerprint density at radius 3 is 2.38 bits per heavy atom. The maximum absolute atomic E-state index is 13.1. The molecular weight excluding hydrogens is 549 g/mol. The fourth-order valence-electron chi connectivity index (χ4n) is 4.52. The molecule has 220 valence electrons. The largest absolute Gasteiger partial charge is 0.444 e. The van der Waals surface area contributed by atoms with E-state index < -0.39 is 18.3 Å². The Kier molecular flexibility index (Phi) is 8.01. The summed E-state index contributed by atoms with van der Waals surface area (Å²) in [4.78, 5) is 29.2. The summed E-state index contributed by atoms with van der Waals surface area (Å²) in [6.07, 6.45) is 1.27. The molecule has 0 radical (unpaired) electrons. The van der Waals surface area contributed by atoms with Gasteiger partial charge in [0.2, 0.25) is 5.95 Å². The van der Waals surface area contributed by atoms with Crippen LogP contribution in [0.15, 0.2) is 67.3 Å². The number of halogens is 3. The van der Waals surface area contributed by atoms with Crippen molar-refractivity contribution < 1.29 is 22.7 Å². The molecule has 1 aliphatic rings. The third-order valence-corrected chi connectivity index (χ3v) is 6.39. The van der Waals surface area contributed by atoms with Gasteiger partial charge in [-0.25, -0.2) is 14.8 Å². The summed E-state index contributed by atoms with van der Waals surface area (Å²) in [6, 6.07) is 12.8. The smallest absolute Gasteiger partial charge is 0.410 e. The highest BCUT2D eigenvalue weighted by Gasteiger charge is 2.30. The Balaban J connectivity index is 1.28. The highest BCUT2D eigenvalue weighted by molar-refractivity contribution is 5.78. The van der Waals surface area contributed by atoms with Crippen molar-refractivity contribution in [1.82, 2.24) is 29.6 Å². The van der Waals surface area contributed by atoms with E-state index >= 15 is 0 Å². The summed E-state index contributed by atoms with van der Waals surface area (Å²) in [5.41, 5.74) is 2.98. The van der Waals surface area contributed by atoms with Gasteiger partial charge < -0.3 is 19.9 Å². The molecule has 13 heteroatoms. The molecule has 5 rings (SSSR count). The van der Waals surface area contributed by atoms with Crippen LogP contribution in [0.4, 0.5) is 35.3 Å². The van der Waals surface area contributed by atoms with E-state index in [1.807, 2.05) is 45.0 Å². The van der Waals surface area contributed by atoms with Crippen LogP contribution >= 0.6 is 0 Å². The van der Waals surface area contributed by atoms with Gasteiger partial charge >= 0.3 is 12.3 Å². The molecule has 1 aliphatic heterocycles. The molecule has 42 heavy (non-hydrogen) atoms. The lowest BCUT2D eigenvalue weighted by molar-refractivity contribution is -0.142. The first-order chi connectivity index (χ1) is 19.9. The van der Waals surface area contributed by atoms with Gasteiger partial charge in [0.25, 0.3) is 0 Å². The van der Waals surface area contributed by atoms with Crippen molar-refractivity contribution in [2.45, 2.75) is 39.1 Å². The first kappa shape index (κ1) is 28.8. The van der Waals surface area contributed by atoms with Crippen molar-refractivity contribution in [3.05, 3.63) is 67.3 Å². The molecule has 10 nitrogen and oxygen atoms in total. The van der Waals surface area contributed by atoms with Crippen LogP contribution in [0.1, 0.15) is 20.8 Å². The fourth-order valence-corrected chi connectivity index (χ4v) is 4.52. The summed E-state index contributed by atoms with van der Waals surface area (Å²) in [5, 5.41) is 7.34. The highest BCUT2D eigenvalue weighted by Crippen LogP contribution is 2.31. The third kappa shape index (κ3) is 7.33. The fraction of sp³-hybridized carbons (Fsp3) is 0.345. The van der Waals surface area contributed by atoms with E-state index in [-0.39, 0.29) is 12.0 Å². The van der Waals surface area contributed by atoms with E-state index in [1.165, 1.54) is 12.4 Å². The number of nitrogens with zero attached hydrogens (tertiary/aromatic N) is 7. The molecule has 1 aromatic carbocycles. The van der Waals surface area contributed by atoms with Crippen LogP contribution < -0.4 is 10.2 Å². The zero-order chi connectivity index (χ0) is 29.9. The lowest BCUT2D eigenvalue weighted by atomic mass is 10.1. The molecule has 0 aliphatic carbocycles. The minimum atomic E-state index is -4.42. The molecule has 0 saturated carbocycles. The van der Waals surface area contributed by atoms with E-state index in [2.05, 4.69) is 30.3 Å². The number of carbonyl (C=O) groups is 1. The lowest BCUT2D eigenvalue weighted by Crippen LogP contribution is -2.50. The second-order valence-electron chi connectivity index (χ2n) is 10.8. The van der Waals surface area contributed by atoms with Crippen molar-refractivity contribution in [3.8, 4) is 22.5 Å². The molecule has 4 heterocycles. The van der Waals surface area contributed by atoms with Crippen molar-refractivity contribution in [2.24, 2.45) is 0 Å². The Bertz CT molecular complexity index is 1510. The van der Waals surface area contributed by atoms with Gasteiger partial charge in [0.15, 0.2) is 0 Å². The average Bonchev–Trinajstić information content (AvgIpc) is 3.36. The number of piperazine rings is 1. The van der Waals surface area contributed by atoms with Crippen molar-refractivity contribution in [3.63, 3.8) is 0 Å². The van der Waals surface area contributed by atoms with E-state index in [4.69, 9.17) is 4.74 Å². The molecule has 1 fully saturated rings. The molecule has 0 unspecified atom stereocenters. The molecule has 0 spiro atoms. The number of benzene rings is 1.